The van der Waals surface area contributed by atoms with Crippen LogP contribution in [0, 0.1) is 12.3 Å². The Morgan fingerprint density at radius 1 is 1.50 bits per heavy atom. The minimum atomic E-state index is 0.123. The van der Waals surface area contributed by atoms with E-state index in [9.17, 15) is 5.11 Å². The highest BCUT2D eigenvalue weighted by Gasteiger charge is 2.33. The highest BCUT2D eigenvalue weighted by atomic mass is 16.3. The molecule has 0 bridgehead atoms. The molecule has 0 spiro atoms. The number of rotatable bonds is 2. The molecule has 1 aliphatic rings. The predicted molar refractivity (Wildman–Crippen MR) is 72.3 cm³/mol. The van der Waals surface area contributed by atoms with E-state index in [2.05, 4.69) is 23.7 Å². The number of nitrogens with two attached hydrogens (primary N) is 1. The van der Waals surface area contributed by atoms with Crippen molar-refractivity contribution in [3.63, 3.8) is 0 Å². The molecule has 1 aromatic heterocycles. The van der Waals surface area contributed by atoms with Gasteiger partial charge in [0.1, 0.15) is 5.75 Å². The van der Waals surface area contributed by atoms with Gasteiger partial charge in [0, 0.05) is 31.4 Å². The van der Waals surface area contributed by atoms with E-state index in [-0.39, 0.29) is 17.2 Å². The molecule has 0 amide bonds. The molecule has 4 heteroatoms. The maximum atomic E-state index is 9.83. The maximum Gasteiger partial charge on any atom is 0.138 e. The zero-order chi connectivity index (χ0) is 13.3. The van der Waals surface area contributed by atoms with Crippen LogP contribution in [0.4, 0.5) is 0 Å². The molecule has 1 aliphatic heterocycles. The van der Waals surface area contributed by atoms with Gasteiger partial charge in [-0.05, 0) is 30.9 Å². The Hall–Kier alpha value is -1.13. The van der Waals surface area contributed by atoms with E-state index < -0.39 is 0 Å². The predicted octanol–water partition coefficient (Wildman–Crippen LogP) is 1.65. The van der Waals surface area contributed by atoms with Gasteiger partial charge in [-0.25, -0.2) is 0 Å². The molecule has 1 unspecified atom stereocenters. The molecule has 3 N–H and O–H groups in total. The Bertz CT molecular complexity index is 431. The number of hydrogen-bond donors (Lipinski definition) is 2. The van der Waals surface area contributed by atoms with Gasteiger partial charge in [0.2, 0.25) is 0 Å². The molecule has 18 heavy (non-hydrogen) atoms. The maximum absolute atomic E-state index is 9.83. The largest absolute Gasteiger partial charge is 0.506 e. The van der Waals surface area contributed by atoms with E-state index in [1.807, 2.05) is 13.0 Å². The lowest BCUT2D eigenvalue weighted by atomic mass is 9.79. The second kappa shape index (κ2) is 4.86. The number of hydrogen-bond acceptors (Lipinski definition) is 4. The van der Waals surface area contributed by atoms with E-state index in [0.29, 0.717) is 6.54 Å². The Morgan fingerprint density at radius 3 is 2.89 bits per heavy atom. The van der Waals surface area contributed by atoms with Crippen molar-refractivity contribution >= 4 is 0 Å². The van der Waals surface area contributed by atoms with E-state index in [4.69, 9.17) is 5.73 Å². The summed E-state index contributed by atoms with van der Waals surface area (Å²) in [7, 11) is 0. The SMILES string of the molecule is Cc1ccc(O)c(CN2CCC(N)C(C)(C)C2)n1. The average molecular weight is 249 g/mol. The molecular weight excluding hydrogens is 226 g/mol. The van der Waals surface area contributed by atoms with Crippen LogP contribution in [0.5, 0.6) is 5.75 Å². The van der Waals surface area contributed by atoms with Gasteiger partial charge < -0.3 is 10.8 Å². The first-order valence-electron chi connectivity index (χ1n) is 6.52. The van der Waals surface area contributed by atoms with Crippen molar-refractivity contribution in [1.29, 1.82) is 0 Å². The smallest absolute Gasteiger partial charge is 0.138 e. The summed E-state index contributed by atoms with van der Waals surface area (Å²) in [4.78, 5) is 6.73. The molecule has 0 radical (unpaired) electrons. The molecule has 1 fully saturated rings. The molecular formula is C14H23N3O. The summed E-state index contributed by atoms with van der Waals surface area (Å²) in [5, 5.41) is 9.83. The molecule has 100 valence electrons. The lowest BCUT2D eigenvalue weighted by Gasteiger charge is -2.42. The van der Waals surface area contributed by atoms with Crippen molar-refractivity contribution in [2.24, 2.45) is 11.1 Å². The first-order valence-corrected chi connectivity index (χ1v) is 6.52. The number of aromatic hydroxyl groups is 1. The van der Waals surface area contributed by atoms with Crippen molar-refractivity contribution < 1.29 is 5.11 Å². The monoisotopic (exact) mass is 249 g/mol. The van der Waals surface area contributed by atoms with Gasteiger partial charge in [-0.3, -0.25) is 9.88 Å². The molecule has 0 aliphatic carbocycles. The molecule has 1 atom stereocenters. The van der Waals surface area contributed by atoms with E-state index >= 15 is 0 Å². The Kier molecular flexibility index (Phi) is 3.59. The number of aryl methyl sites for hydroxylation is 1. The van der Waals surface area contributed by atoms with Gasteiger partial charge in [0.15, 0.2) is 0 Å². The zero-order valence-electron chi connectivity index (χ0n) is 11.5. The first kappa shape index (κ1) is 13.3. The standard InChI is InChI=1S/C14H23N3O/c1-10-4-5-12(18)11(16-10)8-17-7-6-13(15)14(2,3)9-17/h4-5,13,18H,6-9,15H2,1-3H3. The fourth-order valence-electron chi connectivity index (χ4n) is 2.55. The van der Waals surface area contributed by atoms with Crippen LogP contribution in [-0.4, -0.2) is 34.1 Å². The third kappa shape index (κ3) is 2.82. The Labute approximate surface area is 109 Å². The van der Waals surface area contributed by atoms with Gasteiger partial charge >= 0.3 is 0 Å². The normalized spacial score (nSPS) is 24.1. The molecule has 0 saturated carbocycles. The van der Waals surface area contributed by atoms with Crippen LogP contribution in [0.15, 0.2) is 12.1 Å². The summed E-state index contributed by atoms with van der Waals surface area (Å²) in [6, 6.07) is 3.81. The molecule has 0 aromatic carbocycles. The van der Waals surface area contributed by atoms with Crippen molar-refractivity contribution in [2.45, 2.75) is 39.8 Å². The third-order valence-corrected chi connectivity index (χ3v) is 3.85. The second-order valence-electron chi connectivity index (χ2n) is 6.01. The van der Waals surface area contributed by atoms with Crippen molar-refractivity contribution in [1.82, 2.24) is 9.88 Å². The quantitative estimate of drug-likeness (QED) is 0.836. The minimum Gasteiger partial charge on any atom is -0.506 e. The van der Waals surface area contributed by atoms with Crippen molar-refractivity contribution in [3.05, 3.63) is 23.5 Å². The topological polar surface area (TPSA) is 62.4 Å². The zero-order valence-corrected chi connectivity index (χ0v) is 11.5. The lowest BCUT2D eigenvalue weighted by molar-refractivity contribution is 0.0882. The van der Waals surface area contributed by atoms with Gasteiger partial charge in [0.25, 0.3) is 0 Å². The summed E-state index contributed by atoms with van der Waals surface area (Å²) in [5.74, 6) is 0.285. The van der Waals surface area contributed by atoms with Crippen LogP contribution in [0.2, 0.25) is 0 Å². The number of likely N-dealkylation sites (tertiary alicyclic amines) is 1. The van der Waals surface area contributed by atoms with Crippen LogP contribution in [0.1, 0.15) is 31.7 Å². The number of piperidine rings is 1. The van der Waals surface area contributed by atoms with Crippen LogP contribution in [-0.2, 0) is 6.54 Å². The van der Waals surface area contributed by atoms with E-state index in [0.717, 1.165) is 30.9 Å². The molecule has 4 nitrogen and oxygen atoms in total. The fourth-order valence-corrected chi connectivity index (χ4v) is 2.55. The number of aromatic nitrogens is 1. The number of pyridine rings is 1. The molecule has 1 saturated heterocycles. The van der Waals surface area contributed by atoms with E-state index in [1.54, 1.807) is 6.07 Å². The van der Waals surface area contributed by atoms with Crippen LogP contribution < -0.4 is 5.73 Å². The summed E-state index contributed by atoms with van der Waals surface area (Å²) in [6.45, 7) is 8.96. The van der Waals surface area contributed by atoms with Crippen molar-refractivity contribution in [3.8, 4) is 5.75 Å². The first-order chi connectivity index (χ1) is 8.38. The van der Waals surface area contributed by atoms with Crippen LogP contribution in [0.3, 0.4) is 0 Å². The molecule has 2 heterocycles. The van der Waals surface area contributed by atoms with Gasteiger partial charge in [-0.15, -0.1) is 0 Å². The molecule has 2 rings (SSSR count). The summed E-state index contributed by atoms with van der Waals surface area (Å²) in [5.41, 5.74) is 7.96. The van der Waals surface area contributed by atoms with Gasteiger partial charge in [-0.1, -0.05) is 13.8 Å². The molecule has 1 aromatic rings. The van der Waals surface area contributed by atoms with Crippen LogP contribution in [0.25, 0.3) is 0 Å². The highest BCUT2D eigenvalue weighted by molar-refractivity contribution is 5.27. The average Bonchev–Trinajstić information content (AvgIpc) is 2.28. The fraction of sp³-hybridized carbons (Fsp3) is 0.643. The summed E-state index contributed by atoms with van der Waals surface area (Å²) in [6.07, 6.45) is 1.000. The van der Waals surface area contributed by atoms with Crippen LogP contribution >= 0.6 is 0 Å². The van der Waals surface area contributed by atoms with Gasteiger partial charge in [-0.2, -0.15) is 0 Å². The van der Waals surface area contributed by atoms with Gasteiger partial charge in [0.05, 0.1) is 5.69 Å². The number of nitrogens with zero attached hydrogens (tertiary/aromatic N) is 2. The third-order valence-electron chi connectivity index (χ3n) is 3.85. The second-order valence-corrected chi connectivity index (χ2v) is 6.01. The summed E-state index contributed by atoms with van der Waals surface area (Å²) >= 11 is 0. The summed E-state index contributed by atoms with van der Waals surface area (Å²) < 4.78 is 0. The minimum absolute atomic E-state index is 0.123. The van der Waals surface area contributed by atoms with E-state index in [1.165, 1.54) is 0 Å². The van der Waals surface area contributed by atoms with Crippen molar-refractivity contribution in [2.75, 3.05) is 13.1 Å². The Balaban J connectivity index is 2.08. The highest BCUT2D eigenvalue weighted by Crippen LogP contribution is 2.29. The Morgan fingerprint density at radius 2 is 2.22 bits per heavy atom. The lowest BCUT2D eigenvalue weighted by Crippen LogP contribution is -2.52.